The first-order valence-corrected chi connectivity index (χ1v) is 6.28. The van der Waals surface area contributed by atoms with E-state index in [4.69, 9.17) is 4.74 Å². The fourth-order valence-electron chi connectivity index (χ4n) is 1.31. The molecule has 2 heterocycles. The molecule has 0 aliphatic carbocycles. The van der Waals surface area contributed by atoms with E-state index in [1.54, 1.807) is 0 Å². The van der Waals surface area contributed by atoms with Crippen molar-refractivity contribution in [1.82, 2.24) is 0 Å². The SMILES string of the molecule is CC.CC.CC1(C)C=CC2=C(CCO2)N=C1. The Kier molecular flexibility index (Phi) is 6.78. The van der Waals surface area contributed by atoms with E-state index in [9.17, 15) is 0 Å². The van der Waals surface area contributed by atoms with E-state index in [2.05, 4.69) is 24.9 Å². The lowest BCUT2D eigenvalue weighted by Gasteiger charge is -2.11. The molecule has 0 aromatic carbocycles. The van der Waals surface area contributed by atoms with Crippen LogP contribution in [0.5, 0.6) is 0 Å². The Bertz CT molecular complexity index is 259. The molecule has 0 aromatic rings. The van der Waals surface area contributed by atoms with Crippen molar-refractivity contribution >= 4 is 6.21 Å². The molecule has 0 radical (unpaired) electrons. The normalized spacial score (nSPS) is 19.6. The van der Waals surface area contributed by atoms with Gasteiger partial charge in [0.05, 0.1) is 12.3 Å². The fourth-order valence-corrected chi connectivity index (χ4v) is 1.31. The van der Waals surface area contributed by atoms with Gasteiger partial charge < -0.3 is 4.74 Å². The molecule has 0 saturated carbocycles. The highest BCUT2D eigenvalue weighted by atomic mass is 16.5. The minimum absolute atomic E-state index is 0.0632. The second-order valence-electron chi connectivity index (χ2n) is 3.82. The summed E-state index contributed by atoms with van der Waals surface area (Å²) in [6.07, 6.45) is 7.10. The molecular formula is C14H25NO. The molecule has 2 aliphatic rings. The van der Waals surface area contributed by atoms with Gasteiger partial charge in [-0.2, -0.15) is 0 Å². The smallest absolute Gasteiger partial charge is 0.140 e. The topological polar surface area (TPSA) is 21.6 Å². The summed E-state index contributed by atoms with van der Waals surface area (Å²) in [7, 11) is 0. The highest BCUT2D eigenvalue weighted by molar-refractivity contribution is 5.70. The van der Waals surface area contributed by atoms with Crippen molar-refractivity contribution in [3.63, 3.8) is 0 Å². The van der Waals surface area contributed by atoms with Gasteiger partial charge in [0.1, 0.15) is 5.76 Å². The monoisotopic (exact) mass is 223 g/mol. The highest BCUT2D eigenvalue weighted by Gasteiger charge is 2.19. The van der Waals surface area contributed by atoms with Gasteiger partial charge >= 0.3 is 0 Å². The average molecular weight is 223 g/mol. The molecule has 0 amide bonds. The number of rotatable bonds is 0. The van der Waals surface area contributed by atoms with Gasteiger partial charge in [-0.1, -0.05) is 47.6 Å². The van der Waals surface area contributed by atoms with Crippen LogP contribution in [0.3, 0.4) is 0 Å². The van der Waals surface area contributed by atoms with Crippen LogP contribution in [0.1, 0.15) is 48.0 Å². The molecule has 2 nitrogen and oxygen atoms in total. The van der Waals surface area contributed by atoms with Crippen LogP contribution in [0.25, 0.3) is 0 Å². The van der Waals surface area contributed by atoms with Crippen LogP contribution in [-0.4, -0.2) is 12.8 Å². The molecule has 0 aromatic heterocycles. The van der Waals surface area contributed by atoms with Gasteiger partial charge in [-0.25, -0.2) is 0 Å². The van der Waals surface area contributed by atoms with Crippen LogP contribution in [0.2, 0.25) is 0 Å². The number of aliphatic imine (C=N–C) groups is 1. The van der Waals surface area contributed by atoms with Gasteiger partial charge in [0.25, 0.3) is 0 Å². The van der Waals surface area contributed by atoms with Gasteiger partial charge in [-0.05, 0) is 6.08 Å². The summed E-state index contributed by atoms with van der Waals surface area (Å²) in [6, 6.07) is 0. The molecular weight excluding hydrogens is 198 g/mol. The summed E-state index contributed by atoms with van der Waals surface area (Å²) >= 11 is 0. The number of nitrogens with zero attached hydrogens (tertiary/aromatic N) is 1. The van der Waals surface area contributed by atoms with Crippen LogP contribution in [-0.2, 0) is 4.74 Å². The molecule has 0 unspecified atom stereocenters. The van der Waals surface area contributed by atoms with Crippen LogP contribution >= 0.6 is 0 Å². The van der Waals surface area contributed by atoms with Crippen LogP contribution in [0.4, 0.5) is 0 Å². The number of hydrogen-bond donors (Lipinski definition) is 0. The zero-order valence-electron chi connectivity index (χ0n) is 11.5. The Morgan fingerprint density at radius 3 is 2.44 bits per heavy atom. The second kappa shape index (κ2) is 7.26. The Morgan fingerprint density at radius 2 is 1.81 bits per heavy atom. The van der Waals surface area contributed by atoms with E-state index in [-0.39, 0.29) is 5.41 Å². The molecule has 0 fully saturated rings. The Balaban J connectivity index is 0.000000509. The average Bonchev–Trinajstić information content (AvgIpc) is 2.72. The molecule has 2 aliphatic heterocycles. The summed E-state index contributed by atoms with van der Waals surface area (Å²) in [6.45, 7) is 13.1. The maximum Gasteiger partial charge on any atom is 0.140 e. The largest absolute Gasteiger partial charge is 0.491 e. The van der Waals surface area contributed by atoms with Gasteiger partial charge in [-0.15, -0.1) is 0 Å². The zero-order valence-corrected chi connectivity index (χ0v) is 11.5. The molecule has 0 spiro atoms. The van der Waals surface area contributed by atoms with Gasteiger partial charge in [0.15, 0.2) is 0 Å². The van der Waals surface area contributed by atoms with Crippen molar-refractivity contribution in [1.29, 1.82) is 0 Å². The first-order chi connectivity index (χ1) is 7.67. The number of hydrogen-bond acceptors (Lipinski definition) is 2. The molecule has 2 rings (SSSR count). The summed E-state index contributed by atoms with van der Waals surface area (Å²) < 4.78 is 5.41. The molecule has 16 heavy (non-hydrogen) atoms. The van der Waals surface area contributed by atoms with E-state index in [0.717, 1.165) is 24.5 Å². The van der Waals surface area contributed by atoms with Crippen LogP contribution in [0, 0.1) is 5.41 Å². The summed E-state index contributed by atoms with van der Waals surface area (Å²) in [5.74, 6) is 0.955. The summed E-state index contributed by atoms with van der Waals surface area (Å²) in [5.41, 5.74) is 1.16. The van der Waals surface area contributed by atoms with Crippen molar-refractivity contribution in [2.45, 2.75) is 48.0 Å². The van der Waals surface area contributed by atoms with Crippen LogP contribution in [0.15, 0.2) is 28.6 Å². The molecule has 0 N–H and O–H groups in total. The third kappa shape index (κ3) is 4.21. The summed E-state index contributed by atoms with van der Waals surface area (Å²) in [4.78, 5) is 4.41. The van der Waals surface area contributed by atoms with Gasteiger partial charge in [0, 0.05) is 18.1 Å². The molecule has 0 saturated heterocycles. The predicted octanol–water partition coefficient (Wildman–Crippen LogP) is 4.34. The Labute approximate surface area is 100 Å². The van der Waals surface area contributed by atoms with E-state index in [0.29, 0.717) is 0 Å². The lowest BCUT2D eigenvalue weighted by Crippen LogP contribution is -2.08. The van der Waals surface area contributed by atoms with Crippen molar-refractivity contribution in [3.05, 3.63) is 23.6 Å². The highest BCUT2D eigenvalue weighted by Crippen LogP contribution is 2.27. The zero-order chi connectivity index (χ0) is 12.6. The van der Waals surface area contributed by atoms with Crippen LogP contribution < -0.4 is 0 Å². The molecule has 0 atom stereocenters. The predicted molar refractivity (Wildman–Crippen MR) is 71.7 cm³/mol. The van der Waals surface area contributed by atoms with Crippen molar-refractivity contribution < 1.29 is 4.74 Å². The fraction of sp³-hybridized carbons (Fsp3) is 0.643. The Hall–Kier alpha value is -1.05. The maximum absolute atomic E-state index is 5.41. The number of allylic oxidation sites excluding steroid dienone is 2. The lowest BCUT2D eigenvalue weighted by molar-refractivity contribution is 0.256. The second-order valence-corrected chi connectivity index (χ2v) is 3.82. The first-order valence-electron chi connectivity index (χ1n) is 6.28. The minimum Gasteiger partial charge on any atom is -0.491 e. The first kappa shape index (κ1) is 14.9. The van der Waals surface area contributed by atoms with Crippen molar-refractivity contribution in [3.8, 4) is 0 Å². The number of ether oxygens (including phenoxy) is 1. The quantitative estimate of drug-likeness (QED) is 0.598. The summed E-state index contributed by atoms with van der Waals surface area (Å²) in [5, 5.41) is 0. The molecule has 92 valence electrons. The molecule has 2 heteroatoms. The van der Waals surface area contributed by atoms with Crippen molar-refractivity contribution in [2.75, 3.05) is 6.61 Å². The Morgan fingerprint density at radius 1 is 1.19 bits per heavy atom. The third-order valence-corrected chi connectivity index (χ3v) is 2.10. The van der Waals surface area contributed by atoms with Gasteiger partial charge in [0.2, 0.25) is 0 Å². The van der Waals surface area contributed by atoms with Crippen molar-refractivity contribution in [2.24, 2.45) is 10.4 Å². The van der Waals surface area contributed by atoms with E-state index >= 15 is 0 Å². The standard InChI is InChI=1S/C10H13NO.2C2H6/c1-10(2)5-3-9-8(11-7-10)4-6-12-9;2*1-2/h3,5,7H,4,6H2,1-2H3;2*1-2H3. The minimum atomic E-state index is 0.0632. The maximum atomic E-state index is 5.41. The van der Waals surface area contributed by atoms with E-state index in [1.165, 1.54) is 0 Å². The molecule has 0 bridgehead atoms. The third-order valence-electron chi connectivity index (χ3n) is 2.10. The lowest BCUT2D eigenvalue weighted by atomic mass is 9.95. The van der Waals surface area contributed by atoms with E-state index < -0.39 is 0 Å². The van der Waals surface area contributed by atoms with E-state index in [1.807, 2.05) is 40.0 Å². The van der Waals surface area contributed by atoms with Gasteiger partial charge in [-0.3, -0.25) is 4.99 Å².